The summed E-state index contributed by atoms with van der Waals surface area (Å²) >= 11 is 0. The fraction of sp³-hybridized carbons (Fsp3) is 0.875. The highest BCUT2D eigenvalue weighted by Gasteiger charge is 2.38. The van der Waals surface area contributed by atoms with E-state index in [9.17, 15) is 0 Å². The molecule has 1 aliphatic heterocycles. The quantitative estimate of drug-likeness (QED) is 0.770. The van der Waals surface area contributed by atoms with Crippen LogP contribution in [-0.4, -0.2) is 36.1 Å². The van der Waals surface area contributed by atoms with Crippen molar-refractivity contribution >= 4 is 0 Å². The third kappa shape index (κ3) is 3.36. The number of rotatable bonds is 4. The molecule has 0 aromatic heterocycles. The van der Waals surface area contributed by atoms with Gasteiger partial charge in [-0.2, -0.15) is 0 Å². The van der Waals surface area contributed by atoms with Crippen LogP contribution in [0.5, 0.6) is 0 Å². The van der Waals surface area contributed by atoms with Crippen molar-refractivity contribution in [1.82, 2.24) is 10.2 Å². The molecule has 1 atom stereocenters. The van der Waals surface area contributed by atoms with Crippen LogP contribution in [0.25, 0.3) is 0 Å². The molecule has 1 heterocycles. The van der Waals surface area contributed by atoms with E-state index in [2.05, 4.69) is 36.2 Å². The molecule has 2 nitrogen and oxygen atoms in total. The van der Waals surface area contributed by atoms with Gasteiger partial charge in [-0.25, -0.2) is 0 Å². The molecule has 0 radical (unpaired) electrons. The summed E-state index contributed by atoms with van der Waals surface area (Å²) in [6, 6.07) is 0.753. The van der Waals surface area contributed by atoms with Gasteiger partial charge in [0.1, 0.15) is 0 Å². The van der Waals surface area contributed by atoms with E-state index in [4.69, 9.17) is 0 Å². The summed E-state index contributed by atoms with van der Waals surface area (Å²) in [6.45, 7) is 8.17. The van der Waals surface area contributed by atoms with Crippen LogP contribution >= 0.6 is 0 Å². The van der Waals surface area contributed by atoms with Gasteiger partial charge in [0.25, 0.3) is 0 Å². The standard InChI is InChI=1S/C16H30N2/c1-3-5-9-12-18-14-16(10-7-6-8-11-16)17-13-15(18)4-2/h3,5,15,17H,4,6-14H2,1-2H3/b5-3+. The topological polar surface area (TPSA) is 15.3 Å². The number of piperazine rings is 1. The van der Waals surface area contributed by atoms with Gasteiger partial charge in [-0.15, -0.1) is 0 Å². The summed E-state index contributed by atoms with van der Waals surface area (Å²) in [7, 11) is 0. The van der Waals surface area contributed by atoms with Gasteiger partial charge >= 0.3 is 0 Å². The highest BCUT2D eigenvalue weighted by Crippen LogP contribution is 2.32. The Morgan fingerprint density at radius 2 is 2.06 bits per heavy atom. The van der Waals surface area contributed by atoms with Crippen molar-refractivity contribution in [2.24, 2.45) is 0 Å². The minimum Gasteiger partial charge on any atom is -0.308 e. The van der Waals surface area contributed by atoms with E-state index in [1.54, 1.807) is 0 Å². The summed E-state index contributed by atoms with van der Waals surface area (Å²) in [4.78, 5) is 2.75. The van der Waals surface area contributed by atoms with E-state index in [1.165, 1.54) is 64.6 Å². The Morgan fingerprint density at radius 3 is 2.72 bits per heavy atom. The third-order valence-electron chi connectivity index (χ3n) is 4.84. The van der Waals surface area contributed by atoms with Gasteiger partial charge in [-0.1, -0.05) is 38.3 Å². The molecular formula is C16H30N2. The first-order valence-electron chi connectivity index (χ1n) is 7.90. The molecule has 104 valence electrons. The zero-order chi connectivity index (χ0) is 12.8. The first-order chi connectivity index (χ1) is 8.79. The average molecular weight is 250 g/mol. The Labute approximate surface area is 113 Å². The summed E-state index contributed by atoms with van der Waals surface area (Å²) < 4.78 is 0. The number of hydrogen-bond donors (Lipinski definition) is 1. The molecule has 0 amide bonds. The number of nitrogens with one attached hydrogen (secondary N) is 1. The first kappa shape index (κ1) is 14.1. The summed E-state index contributed by atoms with van der Waals surface area (Å²) in [5.74, 6) is 0. The van der Waals surface area contributed by atoms with Gasteiger partial charge in [-0.3, -0.25) is 4.90 Å². The zero-order valence-electron chi connectivity index (χ0n) is 12.3. The van der Waals surface area contributed by atoms with Crippen LogP contribution in [0.15, 0.2) is 12.2 Å². The fourth-order valence-corrected chi connectivity index (χ4v) is 3.67. The molecule has 2 heteroatoms. The van der Waals surface area contributed by atoms with Crippen molar-refractivity contribution in [3.8, 4) is 0 Å². The van der Waals surface area contributed by atoms with Crippen molar-refractivity contribution in [3.63, 3.8) is 0 Å². The maximum atomic E-state index is 3.90. The third-order valence-corrected chi connectivity index (χ3v) is 4.84. The van der Waals surface area contributed by atoms with Gasteiger partial charge < -0.3 is 5.32 Å². The van der Waals surface area contributed by atoms with Crippen LogP contribution < -0.4 is 5.32 Å². The van der Waals surface area contributed by atoms with Crippen LogP contribution in [0, 0.1) is 0 Å². The first-order valence-corrected chi connectivity index (χ1v) is 7.90. The molecular weight excluding hydrogens is 220 g/mol. The largest absolute Gasteiger partial charge is 0.308 e. The number of hydrogen-bond acceptors (Lipinski definition) is 2. The molecule has 1 unspecified atom stereocenters. The van der Waals surface area contributed by atoms with Crippen molar-refractivity contribution in [2.75, 3.05) is 19.6 Å². The monoisotopic (exact) mass is 250 g/mol. The normalized spacial score (nSPS) is 29.1. The van der Waals surface area contributed by atoms with E-state index in [0.29, 0.717) is 5.54 Å². The summed E-state index contributed by atoms with van der Waals surface area (Å²) in [6.07, 6.45) is 14.1. The Balaban J connectivity index is 1.94. The zero-order valence-corrected chi connectivity index (χ0v) is 12.3. The Bertz CT molecular complexity index is 266. The molecule has 0 aromatic rings. The van der Waals surface area contributed by atoms with Crippen LogP contribution in [0.3, 0.4) is 0 Å². The maximum absolute atomic E-state index is 3.90. The molecule has 18 heavy (non-hydrogen) atoms. The van der Waals surface area contributed by atoms with Crippen molar-refractivity contribution in [1.29, 1.82) is 0 Å². The maximum Gasteiger partial charge on any atom is 0.0309 e. The fourth-order valence-electron chi connectivity index (χ4n) is 3.67. The summed E-state index contributed by atoms with van der Waals surface area (Å²) in [5, 5.41) is 3.90. The Kier molecular flexibility index (Phi) is 5.25. The van der Waals surface area contributed by atoms with Crippen molar-refractivity contribution < 1.29 is 0 Å². The average Bonchev–Trinajstić information content (AvgIpc) is 2.40. The molecule has 0 aromatic carbocycles. The lowest BCUT2D eigenvalue weighted by Gasteiger charge is -2.49. The van der Waals surface area contributed by atoms with Crippen molar-refractivity contribution in [2.45, 2.75) is 70.4 Å². The SMILES string of the molecule is C/C=C/CCN1CC2(CCCCC2)NCC1CC. The van der Waals surface area contributed by atoms with E-state index in [-0.39, 0.29) is 0 Å². The molecule has 1 saturated heterocycles. The van der Waals surface area contributed by atoms with Crippen LogP contribution in [0.2, 0.25) is 0 Å². The second-order valence-corrected chi connectivity index (χ2v) is 6.11. The van der Waals surface area contributed by atoms with Crippen LogP contribution in [0.4, 0.5) is 0 Å². The molecule has 0 bridgehead atoms. The van der Waals surface area contributed by atoms with E-state index < -0.39 is 0 Å². The predicted octanol–water partition coefficient (Wildman–Crippen LogP) is 3.34. The lowest BCUT2D eigenvalue weighted by Crippen LogP contribution is -2.64. The van der Waals surface area contributed by atoms with Crippen LogP contribution in [-0.2, 0) is 0 Å². The van der Waals surface area contributed by atoms with Gasteiger partial charge in [-0.05, 0) is 32.6 Å². The molecule has 2 aliphatic rings. The van der Waals surface area contributed by atoms with E-state index in [1.807, 2.05) is 0 Å². The van der Waals surface area contributed by atoms with E-state index >= 15 is 0 Å². The van der Waals surface area contributed by atoms with Gasteiger partial charge in [0.05, 0.1) is 0 Å². The predicted molar refractivity (Wildman–Crippen MR) is 78.9 cm³/mol. The smallest absolute Gasteiger partial charge is 0.0309 e. The number of nitrogens with zero attached hydrogens (tertiary/aromatic N) is 1. The summed E-state index contributed by atoms with van der Waals surface area (Å²) in [5.41, 5.74) is 0.458. The second kappa shape index (κ2) is 6.72. The van der Waals surface area contributed by atoms with Gasteiger partial charge in [0.15, 0.2) is 0 Å². The van der Waals surface area contributed by atoms with Gasteiger partial charge in [0.2, 0.25) is 0 Å². The Hall–Kier alpha value is -0.340. The molecule has 1 saturated carbocycles. The van der Waals surface area contributed by atoms with Gasteiger partial charge in [0, 0.05) is 31.2 Å². The van der Waals surface area contributed by atoms with Crippen molar-refractivity contribution in [3.05, 3.63) is 12.2 Å². The lowest BCUT2D eigenvalue weighted by atomic mass is 9.79. The molecule has 1 aliphatic carbocycles. The molecule has 1 spiro atoms. The molecule has 1 N–H and O–H groups in total. The minimum absolute atomic E-state index is 0.458. The molecule has 2 rings (SSSR count). The minimum atomic E-state index is 0.458. The number of allylic oxidation sites excluding steroid dienone is 1. The van der Waals surface area contributed by atoms with Crippen LogP contribution in [0.1, 0.15) is 58.8 Å². The molecule has 2 fully saturated rings. The highest BCUT2D eigenvalue weighted by molar-refractivity contribution is 4.99. The lowest BCUT2D eigenvalue weighted by molar-refractivity contribution is 0.0554. The van der Waals surface area contributed by atoms with E-state index in [0.717, 1.165) is 6.04 Å². The highest BCUT2D eigenvalue weighted by atomic mass is 15.3. The second-order valence-electron chi connectivity index (χ2n) is 6.11. The Morgan fingerprint density at radius 1 is 1.28 bits per heavy atom.